The van der Waals surface area contributed by atoms with Crippen molar-refractivity contribution in [2.45, 2.75) is 85.5 Å². The predicted octanol–water partition coefficient (Wildman–Crippen LogP) is 7.24. The summed E-state index contributed by atoms with van der Waals surface area (Å²) in [6, 6.07) is 0. The van der Waals surface area contributed by atoms with Crippen molar-refractivity contribution in [3.8, 4) is 0 Å². The minimum absolute atomic E-state index is 0.491. The number of allylic oxidation sites excluding steroid dienone is 1. The smallest absolute Gasteiger partial charge is 0.0593 e. The van der Waals surface area contributed by atoms with Crippen LogP contribution in [0.25, 0.3) is 0 Å². The van der Waals surface area contributed by atoms with Crippen molar-refractivity contribution < 1.29 is 0 Å². The highest BCUT2D eigenvalue weighted by molar-refractivity contribution is 5.85. The van der Waals surface area contributed by atoms with Gasteiger partial charge in [-0.2, -0.15) is 0 Å². The van der Waals surface area contributed by atoms with E-state index in [1.54, 1.807) is 0 Å². The first-order valence-electron chi connectivity index (χ1n) is 11.6. The predicted molar refractivity (Wildman–Crippen MR) is 117 cm³/mol. The van der Waals surface area contributed by atoms with Gasteiger partial charge in [0.1, 0.15) is 0 Å². The maximum atomic E-state index is 4.94. The highest BCUT2D eigenvalue weighted by Gasteiger charge is 2.60. The Labute approximate surface area is 167 Å². The van der Waals surface area contributed by atoms with E-state index in [1.165, 1.54) is 74.6 Å². The van der Waals surface area contributed by atoms with Crippen LogP contribution < -0.4 is 0 Å². The summed E-state index contributed by atoms with van der Waals surface area (Å²) in [5.74, 6) is 4.49. The lowest BCUT2D eigenvalue weighted by molar-refractivity contribution is -0.100. The monoisotopic (exact) mass is 367 g/mol. The highest BCUT2D eigenvalue weighted by Crippen LogP contribution is 2.67. The second-order valence-electron chi connectivity index (χ2n) is 11.2. The van der Waals surface area contributed by atoms with Gasteiger partial charge in [0.05, 0.1) is 6.54 Å². The van der Waals surface area contributed by atoms with Crippen LogP contribution in [-0.4, -0.2) is 12.3 Å². The van der Waals surface area contributed by atoms with Crippen LogP contribution in [0.1, 0.15) is 85.5 Å². The van der Waals surface area contributed by atoms with Crippen LogP contribution in [0.15, 0.2) is 29.3 Å². The molecule has 4 aliphatic rings. The molecule has 0 amide bonds. The Hall–Kier alpha value is -0.850. The molecule has 4 rings (SSSR count). The van der Waals surface area contributed by atoms with Gasteiger partial charge in [-0.25, -0.2) is 0 Å². The third-order valence-electron chi connectivity index (χ3n) is 9.72. The van der Waals surface area contributed by atoms with Gasteiger partial charge in [0, 0.05) is 11.6 Å². The lowest BCUT2D eigenvalue weighted by atomic mass is 9.44. The third-order valence-corrected chi connectivity index (χ3v) is 9.72. The van der Waals surface area contributed by atoms with Crippen molar-refractivity contribution in [3.63, 3.8) is 0 Å². The van der Waals surface area contributed by atoms with Crippen LogP contribution in [-0.2, 0) is 0 Å². The van der Waals surface area contributed by atoms with E-state index in [0.29, 0.717) is 16.7 Å². The summed E-state index contributed by atoms with van der Waals surface area (Å²) < 4.78 is 0. The molecule has 6 unspecified atom stereocenters. The molecular weight excluding hydrogens is 326 g/mol. The molecule has 0 saturated heterocycles. The van der Waals surface area contributed by atoms with Gasteiger partial charge in [0.15, 0.2) is 0 Å². The molecule has 4 saturated carbocycles. The minimum atomic E-state index is 0.491. The van der Waals surface area contributed by atoms with Gasteiger partial charge in [-0.1, -0.05) is 38.2 Å². The number of hydrogen-bond donors (Lipinski definition) is 0. The molecule has 0 aromatic carbocycles. The highest BCUT2D eigenvalue weighted by atomic mass is 14.8. The Morgan fingerprint density at radius 3 is 2.48 bits per heavy atom. The molecule has 4 aliphatic carbocycles. The molecule has 0 aromatic heterocycles. The topological polar surface area (TPSA) is 12.4 Å². The van der Waals surface area contributed by atoms with Crippen molar-refractivity contribution in [1.82, 2.24) is 0 Å². The van der Waals surface area contributed by atoms with Crippen LogP contribution in [0.4, 0.5) is 0 Å². The molecule has 0 bridgehead atoms. The fraction of sp³-hybridized carbons (Fsp3) is 0.808. The SMILES string of the molecule is C=C(C)C/N=C(\C)C1CC[C@H]2C3CCC4CC(=C)CCC4(C)C3CCC12C. The quantitative estimate of drug-likeness (QED) is 0.368. The zero-order valence-electron chi connectivity index (χ0n) is 18.3. The van der Waals surface area contributed by atoms with Crippen LogP contribution in [0.2, 0.25) is 0 Å². The average Bonchev–Trinajstić information content (AvgIpc) is 2.97. The van der Waals surface area contributed by atoms with E-state index in [4.69, 9.17) is 4.99 Å². The van der Waals surface area contributed by atoms with Crippen LogP contribution in [0, 0.1) is 40.4 Å². The molecule has 0 radical (unpaired) electrons. The van der Waals surface area contributed by atoms with Gasteiger partial charge in [-0.15, -0.1) is 0 Å². The van der Waals surface area contributed by atoms with Gasteiger partial charge in [-0.3, -0.25) is 4.99 Å². The lowest BCUT2D eigenvalue weighted by Crippen LogP contribution is -2.53. The standard InChI is InChI=1S/C26H41N/c1-17(2)16-27-19(4)22-9-10-23-21-8-7-20-15-18(3)11-13-25(20,5)24(21)12-14-26(22,23)6/h20-24H,1,3,7-16H2,2,4-6H3/b27-19+/t20?,21?,22?,23-,24?,25?,26?/m0/s1. The summed E-state index contributed by atoms with van der Waals surface area (Å²) in [6.07, 6.45) is 12.6. The van der Waals surface area contributed by atoms with Crippen molar-refractivity contribution in [3.05, 3.63) is 24.3 Å². The minimum Gasteiger partial charge on any atom is -0.290 e. The van der Waals surface area contributed by atoms with Gasteiger partial charge >= 0.3 is 0 Å². The number of nitrogens with zero attached hydrogens (tertiary/aromatic N) is 1. The average molecular weight is 368 g/mol. The zero-order valence-corrected chi connectivity index (χ0v) is 18.3. The summed E-state index contributed by atoms with van der Waals surface area (Å²) in [5, 5.41) is 0. The van der Waals surface area contributed by atoms with Crippen molar-refractivity contribution in [2.24, 2.45) is 45.4 Å². The van der Waals surface area contributed by atoms with E-state index in [0.717, 1.165) is 30.2 Å². The van der Waals surface area contributed by atoms with E-state index in [9.17, 15) is 0 Å². The second-order valence-corrected chi connectivity index (χ2v) is 11.2. The van der Waals surface area contributed by atoms with E-state index in [2.05, 4.69) is 40.9 Å². The summed E-state index contributed by atoms with van der Waals surface area (Å²) in [7, 11) is 0. The largest absolute Gasteiger partial charge is 0.290 e. The number of rotatable bonds is 3. The van der Waals surface area contributed by atoms with Crippen molar-refractivity contribution in [2.75, 3.05) is 6.54 Å². The molecule has 0 spiro atoms. The molecule has 1 heteroatoms. The molecular formula is C26H41N. The Balaban J connectivity index is 1.56. The third kappa shape index (κ3) is 3.08. The fourth-order valence-electron chi connectivity index (χ4n) is 8.21. The molecule has 0 heterocycles. The maximum Gasteiger partial charge on any atom is 0.0593 e. The molecule has 7 atom stereocenters. The maximum absolute atomic E-state index is 4.94. The van der Waals surface area contributed by atoms with Gasteiger partial charge < -0.3 is 0 Å². The first-order chi connectivity index (χ1) is 12.8. The van der Waals surface area contributed by atoms with Crippen molar-refractivity contribution >= 4 is 5.71 Å². The Kier molecular flexibility index (Phi) is 4.97. The second kappa shape index (κ2) is 6.89. The van der Waals surface area contributed by atoms with E-state index in [-0.39, 0.29) is 0 Å². The van der Waals surface area contributed by atoms with E-state index >= 15 is 0 Å². The summed E-state index contributed by atoms with van der Waals surface area (Å²) >= 11 is 0. The number of aliphatic imine (C=N–C) groups is 1. The van der Waals surface area contributed by atoms with Crippen molar-refractivity contribution in [1.29, 1.82) is 0 Å². The summed E-state index contributed by atoms with van der Waals surface area (Å²) in [6.45, 7) is 18.9. The lowest BCUT2D eigenvalue weighted by Gasteiger charge is -2.60. The molecule has 4 fully saturated rings. The van der Waals surface area contributed by atoms with Gasteiger partial charge in [0.25, 0.3) is 0 Å². The molecule has 0 N–H and O–H groups in total. The molecule has 27 heavy (non-hydrogen) atoms. The fourth-order valence-corrected chi connectivity index (χ4v) is 8.21. The zero-order chi connectivity index (χ0) is 19.4. The van der Waals surface area contributed by atoms with Crippen LogP contribution in [0.3, 0.4) is 0 Å². The molecule has 1 nitrogen and oxygen atoms in total. The van der Waals surface area contributed by atoms with Gasteiger partial charge in [-0.05, 0) is 106 Å². The Morgan fingerprint density at radius 2 is 1.74 bits per heavy atom. The molecule has 0 aliphatic heterocycles. The first kappa shape index (κ1) is 19.5. The van der Waals surface area contributed by atoms with E-state index in [1.807, 2.05) is 0 Å². The van der Waals surface area contributed by atoms with Crippen LogP contribution in [0.5, 0.6) is 0 Å². The van der Waals surface area contributed by atoms with Crippen LogP contribution >= 0.6 is 0 Å². The first-order valence-corrected chi connectivity index (χ1v) is 11.6. The Bertz CT molecular complexity index is 657. The normalized spacial score (nSPS) is 47.2. The molecule has 0 aromatic rings. The molecule has 150 valence electrons. The number of hydrogen-bond acceptors (Lipinski definition) is 1. The summed E-state index contributed by atoms with van der Waals surface area (Å²) in [4.78, 5) is 4.94. The Morgan fingerprint density at radius 1 is 1.00 bits per heavy atom. The number of fused-ring (bicyclic) bond motifs is 5. The van der Waals surface area contributed by atoms with Gasteiger partial charge in [0.2, 0.25) is 0 Å². The van der Waals surface area contributed by atoms with E-state index < -0.39 is 0 Å². The summed E-state index contributed by atoms with van der Waals surface area (Å²) in [5.41, 5.74) is 5.21.